The van der Waals surface area contributed by atoms with Gasteiger partial charge in [0.2, 0.25) is 5.91 Å². The molecule has 0 heterocycles. The van der Waals surface area contributed by atoms with E-state index in [1.54, 1.807) is 0 Å². The second-order valence-electron chi connectivity index (χ2n) is 2.86. The number of carbonyl (C=O) groups is 1. The lowest BCUT2D eigenvalue weighted by atomic mass is 10.1. The molecule has 1 aromatic rings. The number of aliphatic hydroxyl groups is 1. The predicted molar refractivity (Wildman–Crippen MR) is 71.3 cm³/mol. The highest BCUT2D eigenvalue weighted by Crippen LogP contribution is 2.09. The number of hydrogen-bond donors (Lipinski definition) is 2. The smallest absolute Gasteiger partial charge is 0.216 e. The van der Waals surface area contributed by atoms with E-state index in [-0.39, 0.29) is 12.5 Å². The summed E-state index contributed by atoms with van der Waals surface area (Å²) in [6.07, 6.45) is 7.38. The summed E-state index contributed by atoms with van der Waals surface area (Å²) < 4.78 is 0. The lowest BCUT2D eigenvalue weighted by Crippen LogP contribution is -2.25. The van der Waals surface area contributed by atoms with Crippen molar-refractivity contribution in [3.63, 3.8) is 0 Å². The number of benzene rings is 1. The number of terminal acetylenes is 1. The van der Waals surface area contributed by atoms with Crippen LogP contribution in [0.4, 0.5) is 0 Å². The normalized spacial score (nSPS) is 9.76. The fourth-order valence-electron chi connectivity index (χ4n) is 1.03. The Morgan fingerprint density at radius 3 is 2.18 bits per heavy atom. The number of rotatable bonds is 3. The quantitative estimate of drug-likeness (QED) is 0.788. The van der Waals surface area contributed by atoms with Crippen LogP contribution in [0.25, 0.3) is 0 Å². The Hall–Kier alpha value is -1.79. The van der Waals surface area contributed by atoms with Gasteiger partial charge < -0.3 is 10.4 Å². The summed E-state index contributed by atoms with van der Waals surface area (Å²) in [5.41, 5.74) is 0.816. The van der Waals surface area contributed by atoms with Crippen LogP contribution in [0, 0.1) is 12.8 Å². The minimum absolute atomic E-state index is 0.130. The molecule has 0 saturated heterocycles. The highest BCUT2D eigenvalue weighted by atomic mass is 16.3. The van der Waals surface area contributed by atoms with E-state index in [1.807, 2.05) is 44.2 Å². The monoisotopic (exact) mass is 235 g/mol. The molecule has 94 valence electrons. The lowest BCUT2D eigenvalue weighted by Gasteiger charge is -2.10. The minimum atomic E-state index is -0.620. The van der Waals surface area contributed by atoms with Crippen molar-refractivity contribution >= 4 is 5.91 Å². The average Bonchev–Trinajstić information content (AvgIpc) is 2.41. The fourth-order valence-corrected chi connectivity index (χ4v) is 1.03. The Labute approximate surface area is 104 Å². The highest BCUT2D eigenvalue weighted by molar-refractivity contribution is 5.72. The first-order chi connectivity index (χ1) is 8.20. The molecule has 17 heavy (non-hydrogen) atoms. The molecule has 0 aliphatic carbocycles. The molecular formula is C14H21NO2. The van der Waals surface area contributed by atoms with Gasteiger partial charge in [-0.15, -0.1) is 12.8 Å². The summed E-state index contributed by atoms with van der Waals surface area (Å²) in [4.78, 5) is 10.6. The molecule has 0 fully saturated rings. The number of carbonyl (C=O) groups excluding carboxylic acids is 1. The molecule has 0 aromatic heterocycles. The van der Waals surface area contributed by atoms with Crippen LogP contribution in [0.2, 0.25) is 0 Å². The van der Waals surface area contributed by atoms with E-state index in [9.17, 15) is 9.90 Å². The van der Waals surface area contributed by atoms with Crippen molar-refractivity contribution in [2.45, 2.75) is 26.9 Å². The maximum atomic E-state index is 10.6. The van der Waals surface area contributed by atoms with Crippen molar-refractivity contribution in [3.05, 3.63) is 35.9 Å². The van der Waals surface area contributed by atoms with Gasteiger partial charge in [-0.2, -0.15) is 0 Å². The molecular weight excluding hydrogens is 214 g/mol. The van der Waals surface area contributed by atoms with Gasteiger partial charge in [0.1, 0.15) is 0 Å². The summed E-state index contributed by atoms with van der Waals surface area (Å²) in [5, 5.41) is 12.1. The third-order valence-electron chi connectivity index (χ3n) is 1.73. The van der Waals surface area contributed by atoms with Gasteiger partial charge in [-0.3, -0.25) is 4.79 Å². The van der Waals surface area contributed by atoms with Crippen LogP contribution >= 0.6 is 0 Å². The van der Waals surface area contributed by atoms with Gasteiger partial charge in [0.15, 0.2) is 0 Å². The van der Waals surface area contributed by atoms with E-state index in [1.165, 1.54) is 6.92 Å². The Morgan fingerprint density at radius 2 is 1.76 bits per heavy atom. The van der Waals surface area contributed by atoms with Gasteiger partial charge >= 0.3 is 0 Å². The standard InChI is InChI=1S/C10H13NO2.C2H6.C2H2/c1-8(12)11-7-10(13)9-5-3-2-4-6-9;2*1-2/h2-6,10,13H,7H2,1H3,(H,11,12);1-2H3;1-2H/t10-;;/m0../s1. The van der Waals surface area contributed by atoms with Crippen molar-refractivity contribution in [1.82, 2.24) is 5.32 Å². The van der Waals surface area contributed by atoms with Crippen LogP contribution < -0.4 is 5.32 Å². The van der Waals surface area contributed by atoms with Crippen LogP contribution in [0.3, 0.4) is 0 Å². The maximum Gasteiger partial charge on any atom is 0.216 e. The Bertz CT molecular complexity index is 307. The lowest BCUT2D eigenvalue weighted by molar-refractivity contribution is -0.119. The summed E-state index contributed by atoms with van der Waals surface area (Å²) in [5.74, 6) is -0.130. The summed E-state index contributed by atoms with van der Waals surface area (Å²) in [6, 6.07) is 9.24. The SMILES string of the molecule is C#C.CC.CC(=O)NC[C@H](O)c1ccccc1. The summed E-state index contributed by atoms with van der Waals surface area (Å²) >= 11 is 0. The molecule has 1 aromatic carbocycles. The zero-order valence-corrected chi connectivity index (χ0v) is 10.7. The molecule has 3 heteroatoms. The molecule has 0 aliphatic heterocycles. The van der Waals surface area contributed by atoms with Crippen molar-refractivity contribution in [1.29, 1.82) is 0 Å². The number of amides is 1. The Morgan fingerprint density at radius 1 is 1.29 bits per heavy atom. The van der Waals surface area contributed by atoms with E-state index in [4.69, 9.17) is 0 Å². The van der Waals surface area contributed by atoms with Crippen LogP contribution in [-0.2, 0) is 4.79 Å². The van der Waals surface area contributed by atoms with E-state index < -0.39 is 6.10 Å². The Kier molecular flexibility index (Phi) is 12.7. The zero-order valence-electron chi connectivity index (χ0n) is 10.7. The van der Waals surface area contributed by atoms with Gasteiger partial charge in [0, 0.05) is 13.5 Å². The van der Waals surface area contributed by atoms with Crippen LogP contribution in [0.15, 0.2) is 30.3 Å². The number of aliphatic hydroxyl groups excluding tert-OH is 1. The van der Waals surface area contributed by atoms with E-state index in [2.05, 4.69) is 18.2 Å². The molecule has 2 N–H and O–H groups in total. The largest absolute Gasteiger partial charge is 0.387 e. The van der Waals surface area contributed by atoms with Gasteiger partial charge in [-0.25, -0.2) is 0 Å². The minimum Gasteiger partial charge on any atom is -0.387 e. The third-order valence-corrected chi connectivity index (χ3v) is 1.73. The maximum absolute atomic E-state index is 10.6. The molecule has 3 nitrogen and oxygen atoms in total. The van der Waals surface area contributed by atoms with Gasteiger partial charge in [-0.1, -0.05) is 44.2 Å². The predicted octanol–water partition coefficient (Wildman–Crippen LogP) is 2.13. The summed E-state index contributed by atoms with van der Waals surface area (Å²) in [7, 11) is 0. The third kappa shape index (κ3) is 9.16. The van der Waals surface area contributed by atoms with Crippen molar-refractivity contribution in [3.8, 4) is 12.8 Å². The molecule has 0 bridgehead atoms. The zero-order chi connectivity index (χ0) is 13.7. The summed E-state index contributed by atoms with van der Waals surface area (Å²) in [6.45, 7) is 5.69. The molecule has 1 rings (SSSR count). The van der Waals surface area contributed by atoms with Crippen LogP contribution in [-0.4, -0.2) is 17.6 Å². The van der Waals surface area contributed by atoms with E-state index >= 15 is 0 Å². The van der Waals surface area contributed by atoms with Crippen molar-refractivity contribution in [2.24, 2.45) is 0 Å². The topological polar surface area (TPSA) is 49.3 Å². The van der Waals surface area contributed by atoms with Crippen molar-refractivity contribution in [2.75, 3.05) is 6.54 Å². The van der Waals surface area contributed by atoms with Gasteiger partial charge in [0.05, 0.1) is 6.10 Å². The average molecular weight is 235 g/mol. The molecule has 1 amide bonds. The van der Waals surface area contributed by atoms with Gasteiger partial charge in [0.25, 0.3) is 0 Å². The fraction of sp³-hybridized carbons (Fsp3) is 0.357. The first-order valence-electron chi connectivity index (χ1n) is 5.51. The number of nitrogens with one attached hydrogen (secondary N) is 1. The van der Waals surface area contributed by atoms with E-state index in [0.717, 1.165) is 5.56 Å². The van der Waals surface area contributed by atoms with Crippen LogP contribution in [0.1, 0.15) is 32.4 Å². The molecule has 0 unspecified atom stereocenters. The first kappa shape index (κ1) is 17.6. The molecule has 0 spiro atoms. The second kappa shape index (κ2) is 12.3. The molecule has 1 atom stereocenters. The van der Waals surface area contributed by atoms with Crippen LogP contribution in [0.5, 0.6) is 0 Å². The highest BCUT2D eigenvalue weighted by Gasteiger charge is 2.05. The number of hydrogen-bond acceptors (Lipinski definition) is 2. The molecule has 0 saturated carbocycles. The molecule has 0 aliphatic rings. The van der Waals surface area contributed by atoms with E-state index in [0.29, 0.717) is 0 Å². The Balaban J connectivity index is 0. The van der Waals surface area contributed by atoms with Gasteiger partial charge in [-0.05, 0) is 5.56 Å². The van der Waals surface area contributed by atoms with Crippen molar-refractivity contribution < 1.29 is 9.90 Å². The molecule has 0 radical (unpaired) electrons. The first-order valence-corrected chi connectivity index (χ1v) is 5.51. The second-order valence-corrected chi connectivity index (χ2v) is 2.86.